The average Bonchev–Trinajstić information content (AvgIpc) is 2.98. The number of nitrogens with zero attached hydrogens (tertiary/aromatic N) is 2. The second-order valence-electron chi connectivity index (χ2n) is 12.0. The number of allylic oxidation sites excluding steroid dienone is 1. The van der Waals surface area contributed by atoms with E-state index in [1.54, 1.807) is 6.07 Å². The number of carbonyl (C=O) groups excluding carboxylic acids is 5. The molecule has 4 amide bonds. The highest BCUT2D eigenvalue weighted by atomic mass is 16.5. The second-order valence-corrected chi connectivity index (χ2v) is 12.0. The minimum atomic E-state index is -1.07. The first-order chi connectivity index (χ1) is 21.0. The van der Waals surface area contributed by atoms with Gasteiger partial charge in [0.05, 0.1) is 13.7 Å². The number of methoxy groups -OCH3 is 1. The Morgan fingerprint density at radius 2 is 1.93 bits per heavy atom. The Bertz CT molecular complexity index is 1270. The van der Waals surface area contributed by atoms with Crippen LogP contribution in [-0.4, -0.2) is 71.3 Å². The number of ether oxygens (including phenoxy) is 1. The van der Waals surface area contributed by atoms with Gasteiger partial charge in [0.1, 0.15) is 18.3 Å². The van der Waals surface area contributed by atoms with E-state index >= 15 is 0 Å². The van der Waals surface area contributed by atoms with Gasteiger partial charge in [-0.05, 0) is 68.4 Å². The van der Waals surface area contributed by atoms with Crippen molar-refractivity contribution < 1.29 is 28.7 Å². The number of nitrogens with one attached hydrogen (secondary N) is 3. The number of fused-ring (bicyclic) bond motifs is 2. The molecule has 2 aliphatic rings. The van der Waals surface area contributed by atoms with E-state index in [1.165, 1.54) is 60.8 Å². The Kier molecular flexibility index (Phi) is 13.2. The molecule has 3 rings (SSSR count). The molecule has 12 nitrogen and oxygen atoms in total. The van der Waals surface area contributed by atoms with Crippen LogP contribution in [0.5, 0.6) is 0 Å². The molecule has 1 aromatic rings. The molecule has 2 fully saturated rings. The summed E-state index contributed by atoms with van der Waals surface area (Å²) in [6.45, 7) is 5.42. The summed E-state index contributed by atoms with van der Waals surface area (Å²) < 4.78 is 5.83. The van der Waals surface area contributed by atoms with Crippen molar-refractivity contribution >= 4 is 35.3 Å². The lowest BCUT2D eigenvalue weighted by Crippen LogP contribution is -2.51. The van der Waals surface area contributed by atoms with Crippen LogP contribution in [0.25, 0.3) is 0 Å². The summed E-state index contributed by atoms with van der Waals surface area (Å²) in [5.74, 6) is -0.665. The molecule has 0 aliphatic heterocycles. The van der Waals surface area contributed by atoms with Crippen LogP contribution in [0.1, 0.15) is 72.1 Å². The maximum absolute atomic E-state index is 13.3. The molecule has 44 heavy (non-hydrogen) atoms. The molecule has 2 aliphatic carbocycles. The molecule has 0 aromatic carbocycles. The van der Waals surface area contributed by atoms with Crippen molar-refractivity contribution in [2.45, 2.75) is 90.8 Å². The van der Waals surface area contributed by atoms with E-state index in [4.69, 9.17) is 0 Å². The normalized spacial score (nSPS) is 21.6. The highest BCUT2D eigenvalue weighted by molar-refractivity contribution is 5.97. The van der Waals surface area contributed by atoms with E-state index in [-0.39, 0.29) is 49.5 Å². The SMILES string of the molecule is CCCN(CC(=O)N[C@@H](CC/C=C/C(=O)OC)C(=O)Nc1cccn(CC(=O)NC2C(C)CC3CCCC2C3)c1=O)C(C)=O. The van der Waals surface area contributed by atoms with Gasteiger partial charge in [-0.15, -0.1) is 0 Å². The molecule has 0 spiro atoms. The Labute approximate surface area is 259 Å². The number of hydrogen-bond donors (Lipinski definition) is 3. The van der Waals surface area contributed by atoms with Gasteiger partial charge in [-0.2, -0.15) is 0 Å². The predicted molar refractivity (Wildman–Crippen MR) is 165 cm³/mol. The fraction of sp³-hybridized carbons (Fsp3) is 0.625. The third-order valence-corrected chi connectivity index (χ3v) is 8.57. The third kappa shape index (κ3) is 10.1. The fourth-order valence-electron chi connectivity index (χ4n) is 6.44. The molecule has 1 heterocycles. The van der Waals surface area contributed by atoms with Crippen molar-refractivity contribution in [2.75, 3.05) is 25.5 Å². The van der Waals surface area contributed by atoms with Crippen LogP contribution >= 0.6 is 0 Å². The monoisotopic (exact) mass is 613 g/mol. The van der Waals surface area contributed by atoms with Gasteiger partial charge in [0.25, 0.3) is 5.56 Å². The Balaban J connectivity index is 1.68. The van der Waals surface area contributed by atoms with E-state index in [9.17, 15) is 28.8 Å². The summed E-state index contributed by atoms with van der Waals surface area (Å²) in [4.78, 5) is 77.1. The molecule has 5 atom stereocenters. The van der Waals surface area contributed by atoms with Crippen LogP contribution in [0.2, 0.25) is 0 Å². The van der Waals surface area contributed by atoms with Crippen LogP contribution in [0.3, 0.4) is 0 Å². The zero-order chi connectivity index (χ0) is 32.2. The molecule has 12 heteroatoms. The molecule has 2 saturated carbocycles. The second kappa shape index (κ2) is 16.8. The van der Waals surface area contributed by atoms with Crippen LogP contribution in [0.4, 0.5) is 5.69 Å². The summed E-state index contributed by atoms with van der Waals surface area (Å²) in [6.07, 6.45) is 11.1. The standard InChI is InChI=1S/C32H47N5O7/c1-5-15-36(22(3)38)19-27(39)33-25(12-6-7-14-29(41)44-4)31(42)34-26-13-9-16-37(32(26)43)20-28(40)35-30-21(2)17-23-10-8-11-24(30)18-23/h7,9,13-14,16,21,23-25,30H,5-6,8,10-12,15,17-20H2,1-4H3,(H,33,39)(H,34,42)(H,35,40)/b14-7+/t21?,23?,24?,25-,30?/m0/s1. The summed E-state index contributed by atoms with van der Waals surface area (Å²) >= 11 is 0. The van der Waals surface area contributed by atoms with E-state index in [2.05, 4.69) is 27.6 Å². The minimum Gasteiger partial charge on any atom is -0.466 e. The van der Waals surface area contributed by atoms with Crippen molar-refractivity contribution in [1.82, 2.24) is 20.1 Å². The smallest absolute Gasteiger partial charge is 0.330 e. The molecule has 4 unspecified atom stereocenters. The number of amides is 4. The molecular weight excluding hydrogens is 566 g/mol. The van der Waals surface area contributed by atoms with Crippen LogP contribution in [0, 0.1) is 17.8 Å². The first-order valence-corrected chi connectivity index (χ1v) is 15.6. The van der Waals surface area contributed by atoms with Crippen LogP contribution in [-0.2, 0) is 35.3 Å². The molecular formula is C32H47N5O7. The Morgan fingerprint density at radius 3 is 2.64 bits per heavy atom. The van der Waals surface area contributed by atoms with Crippen molar-refractivity contribution in [2.24, 2.45) is 17.8 Å². The molecule has 242 valence electrons. The van der Waals surface area contributed by atoms with E-state index < -0.39 is 29.4 Å². The van der Waals surface area contributed by atoms with Gasteiger partial charge >= 0.3 is 5.97 Å². The number of aromatic nitrogens is 1. The quantitative estimate of drug-likeness (QED) is 0.215. The largest absolute Gasteiger partial charge is 0.466 e. The number of esters is 1. The number of rotatable bonds is 14. The zero-order valence-corrected chi connectivity index (χ0v) is 26.3. The van der Waals surface area contributed by atoms with E-state index in [1.807, 2.05) is 6.92 Å². The van der Waals surface area contributed by atoms with E-state index in [0.717, 1.165) is 25.2 Å². The Hall–Kier alpha value is -3.96. The maximum Gasteiger partial charge on any atom is 0.330 e. The topological polar surface area (TPSA) is 156 Å². The Morgan fingerprint density at radius 1 is 1.16 bits per heavy atom. The van der Waals surface area contributed by atoms with Crippen LogP contribution in [0.15, 0.2) is 35.3 Å². The van der Waals surface area contributed by atoms with Crippen molar-refractivity contribution in [3.8, 4) is 0 Å². The average molecular weight is 614 g/mol. The van der Waals surface area contributed by atoms with Gasteiger partial charge in [0, 0.05) is 31.8 Å². The highest BCUT2D eigenvalue weighted by Gasteiger charge is 2.38. The van der Waals surface area contributed by atoms with Gasteiger partial charge in [0.15, 0.2) is 0 Å². The third-order valence-electron chi connectivity index (χ3n) is 8.57. The van der Waals surface area contributed by atoms with Gasteiger partial charge in [-0.25, -0.2) is 4.79 Å². The van der Waals surface area contributed by atoms with Gasteiger partial charge < -0.3 is 30.2 Å². The molecule has 3 N–H and O–H groups in total. The highest BCUT2D eigenvalue weighted by Crippen LogP contribution is 2.42. The fourth-order valence-corrected chi connectivity index (χ4v) is 6.44. The first kappa shape index (κ1) is 34.5. The van der Waals surface area contributed by atoms with Crippen molar-refractivity contribution in [1.29, 1.82) is 0 Å². The van der Waals surface area contributed by atoms with E-state index in [0.29, 0.717) is 24.8 Å². The minimum absolute atomic E-state index is 0.0350. The van der Waals surface area contributed by atoms with Gasteiger partial charge in [-0.3, -0.25) is 24.0 Å². The summed E-state index contributed by atoms with van der Waals surface area (Å²) in [6, 6.07) is 2.03. The van der Waals surface area contributed by atoms with Crippen molar-refractivity contribution in [3.63, 3.8) is 0 Å². The number of anilines is 1. The summed E-state index contributed by atoms with van der Waals surface area (Å²) in [5, 5.41) is 8.41. The number of pyridine rings is 1. The molecule has 1 aromatic heterocycles. The number of carbonyl (C=O) groups is 5. The summed E-state index contributed by atoms with van der Waals surface area (Å²) in [5.41, 5.74) is -0.584. The molecule has 2 bridgehead atoms. The number of hydrogen-bond acceptors (Lipinski definition) is 7. The lowest BCUT2D eigenvalue weighted by Gasteiger charge is -2.44. The summed E-state index contributed by atoms with van der Waals surface area (Å²) in [7, 11) is 1.25. The van der Waals surface area contributed by atoms with Crippen molar-refractivity contribution in [3.05, 3.63) is 40.8 Å². The van der Waals surface area contributed by atoms with Gasteiger partial charge in [-0.1, -0.05) is 32.8 Å². The van der Waals surface area contributed by atoms with Gasteiger partial charge in [0.2, 0.25) is 23.6 Å². The molecule has 0 radical (unpaired) electrons. The van der Waals surface area contributed by atoms with Crippen LogP contribution < -0.4 is 21.5 Å². The zero-order valence-electron chi connectivity index (χ0n) is 26.3. The maximum atomic E-state index is 13.3. The first-order valence-electron chi connectivity index (χ1n) is 15.6. The predicted octanol–water partition coefficient (Wildman–Crippen LogP) is 2.37. The lowest BCUT2D eigenvalue weighted by atomic mass is 9.65. The lowest BCUT2D eigenvalue weighted by molar-refractivity contribution is -0.135. The molecule has 0 saturated heterocycles.